The third kappa shape index (κ3) is 4.64. The van der Waals surface area contributed by atoms with Crippen LogP contribution in [-0.4, -0.2) is 13.1 Å². The molecule has 3 heteroatoms. The maximum atomic E-state index is 6.11. The van der Waals surface area contributed by atoms with Gasteiger partial charge in [-0.3, -0.25) is 0 Å². The summed E-state index contributed by atoms with van der Waals surface area (Å²) in [7, 11) is 0. The average Bonchev–Trinajstić information content (AvgIpc) is 2.49. The van der Waals surface area contributed by atoms with E-state index in [0.717, 1.165) is 30.2 Å². The van der Waals surface area contributed by atoms with Gasteiger partial charge in [0, 0.05) is 30.7 Å². The van der Waals surface area contributed by atoms with Crippen LogP contribution in [0.25, 0.3) is 0 Å². The Morgan fingerprint density at radius 1 is 0.950 bits per heavy atom. The summed E-state index contributed by atoms with van der Waals surface area (Å²) in [6.07, 6.45) is 0. The predicted octanol–water partition coefficient (Wildman–Crippen LogP) is 3.78. The van der Waals surface area contributed by atoms with Crippen LogP contribution in [0.3, 0.4) is 0 Å². The normalized spacial score (nSPS) is 12.3. The van der Waals surface area contributed by atoms with Crippen LogP contribution in [0, 0.1) is 0 Å². The molecule has 2 nitrogen and oxygen atoms in total. The highest BCUT2D eigenvalue weighted by molar-refractivity contribution is 6.31. The van der Waals surface area contributed by atoms with Crippen molar-refractivity contribution in [3.8, 4) is 0 Å². The van der Waals surface area contributed by atoms with Crippen LogP contribution in [0.4, 0.5) is 0 Å². The second kappa shape index (κ2) is 8.05. The highest BCUT2D eigenvalue weighted by atomic mass is 35.5. The van der Waals surface area contributed by atoms with E-state index in [1.165, 1.54) is 5.56 Å². The van der Waals surface area contributed by atoms with Crippen molar-refractivity contribution in [3.63, 3.8) is 0 Å². The van der Waals surface area contributed by atoms with Crippen molar-refractivity contribution >= 4 is 11.6 Å². The standard InChI is InChI=1S/C17H21ClN2/c1-14(15-7-3-2-4-8-15)20-12-11-19-13-16-9-5-6-10-17(16)18/h2-10,14,19-20H,11-13H2,1H3. The van der Waals surface area contributed by atoms with E-state index in [1.807, 2.05) is 24.3 Å². The molecule has 0 aliphatic heterocycles. The molecule has 2 aromatic rings. The minimum atomic E-state index is 0.373. The topological polar surface area (TPSA) is 24.1 Å². The molecule has 20 heavy (non-hydrogen) atoms. The first-order chi connectivity index (χ1) is 9.77. The highest BCUT2D eigenvalue weighted by Gasteiger charge is 2.03. The van der Waals surface area contributed by atoms with Gasteiger partial charge in [0.2, 0.25) is 0 Å². The summed E-state index contributed by atoms with van der Waals surface area (Å²) >= 11 is 6.11. The molecule has 0 fully saturated rings. The van der Waals surface area contributed by atoms with Gasteiger partial charge in [-0.1, -0.05) is 60.1 Å². The smallest absolute Gasteiger partial charge is 0.0450 e. The minimum Gasteiger partial charge on any atom is -0.311 e. The lowest BCUT2D eigenvalue weighted by Crippen LogP contribution is -2.29. The molecular formula is C17H21ClN2. The zero-order valence-corrected chi connectivity index (χ0v) is 12.5. The molecule has 2 aromatic carbocycles. The molecule has 0 spiro atoms. The van der Waals surface area contributed by atoms with Gasteiger partial charge in [0.05, 0.1) is 0 Å². The van der Waals surface area contributed by atoms with Crippen molar-refractivity contribution in [3.05, 3.63) is 70.7 Å². The summed E-state index contributed by atoms with van der Waals surface area (Å²) in [5.74, 6) is 0. The number of rotatable bonds is 7. The molecule has 0 aromatic heterocycles. The van der Waals surface area contributed by atoms with E-state index in [1.54, 1.807) is 0 Å². The summed E-state index contributed by atoms with van der Waals surface area (Å²) in [5.41, 5.74) is 2.46. The summed E-state index contributed by atoms with van der Waals surface area (Å²) in [4.78, 5) is 0. The number of halogens is 1. The van der Waals surface area contributed by atoms with Gasteiger partial charge in [-0.2, -0.15) is 0 Å². The largest absolute Gasteiger partial charge is 0.311 e. The zero-order valence-electron chi connectivity index (χ0n) is 11.8. The Morgan fingerprint density at radius 3 is 2.40 bits per heavy atom. The Kier molecular flexibility index (Phi) is 6.06. The SMILES string of the molecule is CC(NCCNCc1ccccc1Cl)c1ccccc1. The molecule has 0 saturated carbocycles. The Labute approximate surface area is 126 Å². The van der Waals surface area contributed by atoms with Crippen LogP contribution in [0.2, 0.25) is 5.02 Å². The summed E-state index contributed by atoms with van der Waals surface area (Å²) < 4.78 is 0. The molecule has 0 bridgehead atoms. The van der Waals surface area contributed by atoms with E-state index < -0.39 is 0 Å². The fraction of sp³-hybridized carbons (Fsp3) is 0.294. The molecule has 106 valence electrons. The number of benzene rings is 2. The van der Waals surface area contributed by atoms with Crippen molar-refractivity contribution in [2.45, 2.75) is 19.5 Å². The Bertz CT molecular complexity index is 513. The molecular weight excluding hydrogens is 268 g/mol. The second-order valence-corrected chi connectivity index (χ2v) is 5.26. The third-order valence-corrected chi connectivity index (χ3v) is 3.69. The van der Waals surface area contributed by atoms with Crippen molar-refractivity contribution in [1.82, 2.24) is 10.6 Å². The van der Waals surface area contributed by atoms with Gasteiger partial charge in [0.15, 0.2) is 0 Å². The highest BCUT2D eigenvalue weighted by Crippen LogP contribution is 2.14. The summed E-state index contributed by atoms with van der Waals surface area (Å²) in [6.45, 7) is 4.84. The van der Waals surface area contributed by atoms with E-state index in [2.05, 4.69) is 47.9 Å². The van der Waals surface area contributed by atoms with Crippen molar-refractivity contribution < 1.29 is 0 Å². The van der Waals surface area contributed by atoms with Gasteiger partial charge in [-0.25, -0.2) is 0 Å². The molecule has 0 heterocycles. The van der Waals surface area contributed by atoms with Gasteiger partial charge in [0.1, 0.15) is 0 Å². The lowest BCUT2D eigenvalue weighted by atomic mass is 10.1. The molecule has 0 aliphatic carbocycles. The van der Waals surface area contributed by atoms with Gasteiger partial charge in [-0.05, 0) is 24.1 Å². The Balaban J connectivity index is 1.66. The molecule has 2 N–H and O–H groups in total. The maximum Gasteiger partial charge on any atom is 0.0450 e. The van der Waals surface area contributed by atoms with Crippen LogP contribution >= 0.6 is 11.6 Å². The first kappa shape index (κ1) is 15.0. The first-order valence-electron chi connectivity index (χ1n) is 7.00. The van der Waals surface area contributed by atoms with E-state index in [9.17, 15) is 0 Å². The zero-order chi connectivity index (χ0) is 14.2. The molecule has 1 unspecified atom stereocenters. The molecule has 1 atom stereocenters. The van der Waals surface area contributed by atoms with Crippen LogP contribution < -0.4 is 10.6 Å². The molecule has 0 radical (unpaired) electrons. The van der Waals surface area contributed by atoms with Crippen molar-refractivity contribution in [2.75, 3.05) is 13.1 Å². The van der Waals surface area contributed by atoms with Crippen LogP contribution in [-0.2, 0) is 6.54 Å². The first-order valence-corrected chi connectivity index (χ1v) is 7.37. The van der Waals surface area contributed by atoms with Crippen molar-refractivity contribution in [1.29, 1.82) is 0 Å². The lowest BCUT2D eigenvalue weighted by molar-refractivity contribution is 0.545. The number of hydrogen-bond donors (Lipinski definition) is 2. The predicted molar refractivity (Wildman–Crippen MR) is 86.0 cm³/mol. The van der Waals surface area contributed by atoms with E-state index in [4.69, 9.17) is 11.6 Å². The quantitative estimate of drug-likeness (QED) is 0.758. The minimum absolute atomic E-state index is 0.373. The molecule has 0 aliphatic rings. The van der Waals surface area contributed by atoms with Crippen molar-refractivity contribution in [2.24, 2.45) is 0 Å². The molecule has 0 amide bonds. The van der Waals surface area contributed by atoms with Gasteiger partial charge < -0.3 is 10.6 Å². The summed E-state index contributed by atoms with van der Waals surface area (Å²) in [5, 5.41) is 7.73. The van der Waals surface area contributed by atoms with Crippen LogP contribution in [0.5, 0.6) is 0 Å². The second-order valence-electron chi connectivity index (χ2n) is 4.85. The van der Waals surface area contributed by atoms with E-state index in [-0.39, 0.29) is 0 Å². The third-order valence-electron chi connectivity index (χ3n) is 3.33. The van der Waals surface area contributed by atoms with Gasteiger partial charge in [0.25, 0.3) is 0 Å². The Morgan fingerprint density at radius 2 is 1.65 bits per heavy atom. The fourth-order valence-electron chi connectivity index (χ4n) is 2.10. The maximum absolute atomic E-state index is 6.11. The summed E-state index contributed by atoms with van der Waals surface area (Å²) in [6, 6.07) is 18.8. The van der Waals surface area contributed by atoms with Crippen LogP contribution in [0.1, 0.15) is 24.1 Å². The lowest BCUT2D eigenvalue weighted by Gasteiger charge is -2.14. The molecule has 0 saturated heterocycles. The number of nitrogens with one attached hydrogen (secondary N) is 2. The monoisotopic (exact) mass is 288 g/mol. The van der Waals surface area contributed by atoms with E-state index >= 15 is 0 Å². The van der Waals surface area contributed by atoms with Gasteiger partial charge in [-0.15, -0.1) is 0 Å². The Hall–Kier alpha value is -1.35. The van der Waals surface area contributed by atoms with Gasteiger partial charge >= 0.3 is 0 Å². The van der Waals surface area contributed by atoms with E-state index in [0.29, 0.717) is 6.04 Å². The van der Waals surface area contributed by atoms with Crippen LogP contribution in [0.15, 0.2) is 54.6 Å². The molecule has 2 rings (SSSR count). The fourth-order valence-corrected chi connectivity index (χ4v) is 2.30. The average molecular weight is 289 g/mol. The number of hydrogen-bond acceptors (Lipinski definition) is 2.